The fraction of sp³-hybridized carbons (Fsp3) is 0.556. The first-order valence-electron chi connectivity index (χ1n) is 8.84. The van der Waals surface area contributed by atoms with Crippen molar-refractivity contribution in [1.29, 1.82) is 0 Å². The van der Waals surface area contributed by atoms with Crippen molar-refractivity contribution >= 4 is 5.82 Å². The van der Waals surface area contributed by atoms with Crippen molar-refractivity contribution in [3.05, 3.63) is 42.1 Å². The lowest BCUT2D eigenvalue weighted by Gasteiger charge is -2.39. The van der Waals surface area contributed by atoms with E-state index < -0.39 is 0 Å². The summed E-state index contributed by atoms with van der Waals surface area (Å²) < 4.78 is 0. The van der Waals surface area contributed by atoms with Gasteiger partial charge in [0, 0.05) is 49.7 Å². The van der Waals surface area contributed by atoms with Crippen LogP contribution >= 0.6 is 0 Å². The van der Waals surface area contributed by atoms with Crippen LogP contribution in [-0.4, -0.2) is 50.2 Å². The molecular weight excluding hydrogens is 300 g/mol. The molecule has 0 atom stereocenters. The van der Waals surface area contributed by atoms with Crippen LogP contribution in [0.5, 0.6) is 0 Å². The molecule has 6 heteroatoms. The van der Waals surface area contributed by atoms with Crippen LogP contribution in [0.4, 0.5) is 5.82 Å². The predicted octanol–water partition coefficient (Wildman–Crippen LogP) is 2.21. The SMILES string of the molecule is Cc1cc(N(C2CC2)C2CCN(Cc3ccnnc3)CC2)ncn1. The summed E-state index contributed by atoms with van der Waals surface area (Å²) >= 11 is 0. The summed E-state index contributed by atoms with van der Waals surface area (Å²) in [7, 11) is 0. The first kappa shape index (κ1) is 15.4. The molecule has 0 radical (unpaired) electrons. The molecule has 2 fully saturated rings. The third-order valence-corrected chi connectivity index (χ3v) is 5.00. The van der Waals surface area contributed by atoms with Gasteiger partial charge in [-0.1, -0.05) is 0 Å². The maximum absolute atomic E-state index is 4.55. The summed E-state index contributed by atoms with van der Waals surface area (Å²) in [4.78, 5) is 13.9. The van der Waals surface area contributed by atoms with Crippen LogP contribution in [0.3, 0.4) is 0 Å². The van der Waals surface area contributed by atoms with Gasteiger partial charge in [-0.2, -0.15) is 10.2 Å². The Balaban J connectivity index is 1.40. The van der Waals surface area contributed by atoms with Gasteiger partial charge in [-0.25, -0.2) is 9.97 Å². The number of nitrogens with zero attached hydrogens (tertiary/aromatic N) is 6. The second kappa shape index (κ2) is 6.81. The molecule has 1 saturated heterocycles. The number of likely N-dealkylation sites (tertiary alicyclic amines) is 1. The zero-order valence-electron chi connectivity index (χ0n) is 14.2. The lowest BCUT2D eigenvalue weighted by Crippen LogP contribution is -2.46. The molecule has 2 aromatic rings. The maximum Gasteiger partial charge on any atom is 0.132 e. The summed E-state index contributed by atoms with van der Waals surface area (Å²) in [6, 6.07) is 5.46. The smallest absolute Gasteiger partial charge is 0.132 e. The van der Waals surface area contributed by atoms with Gasteiger partial charge >= 0.3 is 0 Å². The van der Waals surface area contributed by atoms with E-state index in [1.807, 2.05) is 13.1 Å². The highest BCUT2D eigenvalue weighted by Gasteiger charge is 2.36. The van der Waals surface area contributed by atoms with Gasteiger partial charge < -0.3 is 4.90 Å². The van der Waals surface area contributed by atoms with Gasteiger partial charge in [0.2, 0.25) is 0 Å². The van der Waals surface area contributed by atoms with Crippen LogP contribution in [0.1, 0.15) is 36.9 Å². The monoisotopic (exact) mass is 324 g/mol. The van der Waals surface area contributed by atoms with Crippen LogP contribution < -0.4 is 4.90 Å². The number of rotatable bonds is 5. The maximum atomic E-state index is 4.55. The average Bonchev–Trinajstić information content (AvgIpc) is 3.43. The summed E-state index contributed by atoms with van der Waals surface area (Å²) in [6.45, 7) is 5.26. The van der Waals surface area contributed by atoms with E-state index in [9.17, 15) is 0 Å². The molecule has 0 bridgehead atoms. The molecular formula is C18H24N6. The number of aromatic nitrogens is 4. The van der Waals surface area contributed by atoms with Gasteiger partial charge in [0.05, 0.1) is 6.20 Å². The molecule has 2 aromatic heterocycles. The lowest BCUT2D eigenvalue weighted by atomic mass is 10.0. The molecule has 0 aromatic carbocycles. The zero-order chi connectivity index (χ0) is 16.4. The molecule has 3 heterocycles. The van der Waals surface area contributed by atoms with E-state index in [0.717, 1.165) is 31.1 Å². The van der Waals surface area contributed by atoms with E-state index >= 15 is 0 Å². The number of piperidine rings is 1. The van der Waals surface area contributed by atoms with Crippen LogP contribution in [-0.2, 0) is 6.54 Å². The van der Waals surface area contributed by atoms with Crippen LogP contribution in [0.2, 0.25) is 0 Å². The van der Waals surface area contributed by atoms with Crippen molar-refractivity contribution in [3.63, 3.8) is 0 Å². The van der Waals surface area contributed by atoms with Crippen molar-refractivity contribution in [2.75, 3.05) is 18.0 Å². The fourth-order valence-electron chi connectivity index (χ4n) is 3.63. The zero-order valence-corrected chi connectivity index (χ0v) is 14.2. The highest BCUT2D eigenvalue weighted by Crippen LogP contribution is 2.35. The second-order valence-electron chi connectivity index (χ2n) is 6.91. The third kappa shape index (κ3) is 3.53. The molecule has 6 nitrogen and oxygen atoms in total. The van der Waals surface area contributed by atoms with Crippen molar-refractivity contribution < 1.29 is 0 Å². The first-order chi connectivity index (χ1) is 11.8. The summed E-state index contributed by atoms with van der Waals surface area (Å²) in [5, 5.41) is 7.83. The number of aryl methyl sites for hydroxylation is 1. The summed E-state index contributed by atoms with van der Waals surface area (Å²) in [5.74, 6) is 1.11. The van der Waals surface area contributed by atoms with Gasteiger partial charge in [0.15, 0.2) is 0 Å². The Bertz CT molecular complexity index is 664. The molecule has 24 heavy (non-hydrogen) atoms. The highest BCUT2D eigenvalue weighted by molar-refractivity contribution is 5.43. The van der Waals surface area contributed by atoms with Crippen molar-refractivity contribution in [1.82, 2.24) is 25.1 Å². The number of hydrogen-bond donors (Lipinski definition) is 0. The molecule has 126 valence electrons. The predicted molar refractivity (Wildman–Crippen MR) is 92.6 cm³/mol. The van der Waals surface area contributed by atoms with E-state index in [2.05, 4.69) is 42.1 Å². The molecule has 0 amide bonds. The van der Waals surface area contributed by atoms with Crippen LogP contribution in [0, 0.1) is 6.92 Å². The van der Waals surface area contributed by atoms with Crippen molar-refractivity contribution in [3.8, 4) is 0 Å². The van der Waals surface area contributed by atoms with E-state index in [1.54, 1.807) is 12.5 Å². The largest absolute Gasteiger partial charge is 0.350 e. The van der Waals surface area contributed by atoms with E-state index in [1.165, 1.54) is 31.2 Å². The normalized spacial score (nSPS) is 19.4. The Morgan fingerprint density at radius 2 is 1.88 bits per heavy atom. The minimum absolute atomic E-state index is 0.596. The van der Waals surface area contributed by atoms with Gasteiger partial charge in [-0.05, 0) is 44.2 Å². The molecule has 0 N–H and O–H groups in total. The highest BCUT2D eigenvalue weighted by atomic mass is 15.3. The Labute approximate surface area is 142 Å². The van der Waals surface area contributed by atoms with Gasteiger partial charge in [-0.3, -0.25) is 4.90 Å². The molecule has 1 aliphatic carbocycles. The van der Waals surface area contributed by atoms with Gasteiger partial charge in [0.1, 0.15) is 12.1 Å². The van der Waals surface area contributed by atoms with E-state index in [0.29, 0.717) is 12.1 Å². The molecule has 1 aliphatic heterocycles. The average molecular weight is 324 g/mol. The van der Waals surface area contributed by atoms with E-state index in [-0.39, 0.29) is 0 Å². The molecule has 4 rings (SSSR count). The fourth-order valence-corrected chi connectivity index (χ4v) is 3.63. The van der Waals surface area contributed by atoms with Gasteiger partial charge in [0.25, 0.3) is 0 Å². The van der Waals surface area contributed by atoms with Gasteiger partial charge in [-0.15, -0.1) is 0 Å². The Morgan fingerprint density at radius 1 is 1.08 bits per heavy atom. The van der Waals surface area contributed by atoms with Crippen LogP contribution in [0.25, 0.3) is 0 Å². The Hall–Kier alpha value is -2.08. The van der Waals surface area contributed by atoms with Crippen molar-refractivity contribution in [2.24, 2.45) is 0 Å². The minimum Gasteiger partial charge on any atom is -0.350 e. The second-order valence-corrected chi connectivity index (χ2v) is 6.91. The standard InChI is InChI=1S/C18H24N6/c1-14-10-18(20-13-19-14)24(16-2-3-16)17-5-8-23(9-6-17)12-15-4-7-21-22-11-15/h4,7,10-11,13,16-17H,2-3,5-6,8-9,12H2,1H3. The lowest BCUT2D eigenvalue weighted by molar-refractivity contribution is 0.200. The Morgan fingerprint density at radius 3 is 2.54 bits per heavy atom. The summed E-state index contributed by atoms with van der Waals surface area (Å²) in [6.07, 6.45) is 10.3. The third-order valence-electron chi connectivity index (χ3n) is 5.00. The topological polar surface area (TPSA) is 58.0 Å². The first-order valence-corrected chi connectivity index (χ1v) is 8.84. The summed E-state index contributed by atoms with van der Waals surface area (Å²) in [5.41, 5.74) is 2.29. The molecule has 2 aliphatic rings. The Kier molecular flexibility index (Phi) is 4.38. The molecule has 1 saturated carbocycles. The minimum atomic E-state index is 0.596. The number of anilines is 1. The van der Waals surface area contributed by atoms with Crippen molar-refractivity contribution in [2.45, 2.75) is 51.2 Å². The quantitative estimate of drug-likeness (QED) is 0.840. The van der Waals surface area contributed by atoms with E-state index in [4.69, 9.17) is 0 Å². The van der Waals surface area contributed by atoms with Crippen LogP contribution in [0.15, 0.2) is 30.9 Å². The molecule has 0 spiro atoms. The number of hydrogen-bond acceptors (Lipinski definition) is 6. The molecule has 0 unspecified atom stereocenters.